The molecule has 7 aromatic carbocycles. The molecule has 0 bridgehead atoms. The molecule has 0 fully saturated rings. The summed E-state index contributed by atoms with van der Waals surface area (Å²) in [6.45, 7) is 4.44. The van der Waals surface area contributed by atoms with Crippen LogP contribution in [0.15, 0.2) is 133 Å². The van der Waals surface area contributed by atoms with E-state index in [4.69, 9.17) is 0 Å². The number of hydrogen-bond donors (Lipinski definition) is 0. The van der Waals surface area contributed by atoms with Gasteiger partial charge in [-0.15, -0.1) is 11.3 Å². The Balaban J connectivity index is 1.24. The Morgan fingerprint density at radius 3 is 1.96 bits per heavy atom. The molecular weight excluding hydrogens is 621 g/mol. The second-order valence-corrected chi connectivity index (χ2v) is 14.3. The smallest absolute Gasteiger partial charge is 0.0433 e. The van der Waals surface area contributed by atoms with Crippen LogP contribution < -0.4 is 20.2 Å². The molecule has 9 rings (SSSR count). The Bertz CT molecular complexity index is 2840. The Kier molecular flexibility index (Phi) is 7.79. The summed E-state index contributed by atoms with van der Waals surface area (Å²) in [5, 5.41) is 10.5. The van der Waals surface area contributed by atoms with E-state index in [1.807, 2.05) is 11.3 Å². The first-order chi connectivity index (χ1) is 24.7. The molecule has 0 amide bonds. The third kappa shape index (κ3) is 5.04. The highest BCUT2D eigenvalue weighted by atomic mass is 32.1. The van der Waals surface area contributed by atoms with E-state index in [1.54, 1.807) is 0 Å². The molecule has 1 heterocycles. The Morgan fingerprint density at radius 2 is 1.16 bits per heavy atom. The molecule has 8 aromatic rings. The molecule has 1 heteroatoms. The Hall–Kier alpha value is -5.50. The Morgan fingerprint density at radius 1 is 0.540 bits per heavy atom. The van der Waals surface area contributed by atoms with Gasteiger partial charge in [-0.05, 0) is 114 Å². The molecule has 0 nitrogen and oxygen atoms in total. The molecule has 0 spiro atoms. The fourth-order valence-electron chi connectivity index (χ4n) is 8.14. The van der Waals surface area contributed by atoms with E-state index in [1.165, 1.54) is 96.3 Å². The van der Waals surface area contributed by atoms with Crippen molar-refractivity contribution in [3.05, 3.63) is 154 Å². The van der Waals surface area contributed by atoms with E-state index in [0.717, 1.165) is 19.3 Å². The molecule has 0 aliphatic heterocycles. The average molecular weight is 659 g/mol. The summed E-state index contributed by atoms with van der Waals surface area (Å²) in [7, 11) is 0. The standard InChI is InChI=1S/C49H38S/c1-3-14-42-37(4-2)48(36-18-11-17-35(31-36)40-24-13-25-45-41-20-9-10-26-46(41)50-49(40)45)44-22-8-7-21-43(44)47(42)34-29-27-33(28-30-34)39-23-12-16-32-15-5-6-19-38(32)39/h4-8,11-31H,3,9-10H2,1-2H3/b37-4+,42-14+. The lowest BCUT2D eigenvalue weighted by atomic mass is 9.86. The summed E-state index contributed by atoms with van der Waals surface area (Å²) >= 11 is 1.94. The maximum atomic E-state index is 2.42. The third-order valence-electron chi connectivity index (χ3n) is 10.4. The second-order valence-electron chi connectivity index (χ2n) is 13.3. The minimum atomic E-state index is 0.957. The minimum Gasteiger partial charge on any atom is -0.135 e. The van der Waals surface area contributed by atoms with Crippen molar-refractivity contribution in [2.24, 2.45) is 0 Å². The van der Waals surface area contributed by atoms with Gasteiger partial charge in [0.05, 0.1) is 0 Å². The summed E-state index contributed by atoms with van der Waals surface area (Å²) in [4.78, 5) is 0. The van der Waals surface area contributed by atoms with Gasteiger partial charge in [-0.25, -0.2) is 0 Å². The van der Waals surface area contributed by atoms with Gasteiger partial charge in [0.1, 0.15) is 0 Å². The van der Waals surface area contributed by atoms with Gasteiger partial charge in [0.15, 0.2) is 0 Å². The zero-order valence-corrected chi connectivity index (χ0v) is 29.4. The molecule has 240 valence electrons. The number of thiophene rings is 1. The zero-order chi connectivity index (χ0) is 33.6. The molecule has 0 saturated heterocycles. The van der Waals surface area contributed by atoms with Gasteiger partial charge in [-0.2, -0.15) is 0 Å². The molecule has 1 aliphatic rings. The first-order valence-electron chi connectivity index (χ1n) is 17.9. The van der Waals surface area contributed by atoms with Gasteiger partial charge in [0, 0.05) is 14.6 Å². The van der Waals surface area contributed by atoms with Crippen molar-refractivity contribution < 1.29 is 0 Å². The SMILES string of the molecule is C/C=c1/c(-c2cccc(-c3cccc4c5c(sc34)=CCCC=5)c2)c2ccccc2c(-c2ccc(-c3cccc4ccccc34)cc2)/c1=C/CC. The van der Waals surface area contributed by atoms with Crippen LogP contribution >= 0.6 is 11.3 Å². The molecule has 1 aliphatic carbocycles. The molecule has 0 atom stereocenters. The van der Waals surface area contributed by atoms with Crippen molar-refractivity contribution in [3.63, 3.8) is 0 Å². The van der Waals surface area contributed by atoms with Crippen molar-refractivity contribution in [1.29, 1.82) is 0 Å². The van der Waals surface area contributed by atoms with Crippen LogP contribution in [0, 0.1) is 0 Å². The second kappa shape index (κ2) is 12.8. The Labute approximate surface area is 297 Å². The first-order valence-corrected chi connectivity index (χ1v) is 18.7. The van der Waals surface area contributed by atoms with Crippen molar-refractivity contribution in [3.8, 4) is 44.5 Å². The molecule has 0 unspecified atom stereocenters. The van der Waals surface area contributed by atoms with Gasteiger partial charge < -0.3 is 0 Å². The van der Waals surface area contributed by atoms with E-state index in [-0.39, 0.29) is 0 Å². The number of benzene rings is 7. The molecule has 1 aromatic heterocycles. The van der Waals surface area contributed by atoms with Crippen LogP contribution in [0.2, 0.25) is 0 Å². The summed E-state index contributed by atoms with van der Waals surface area (Å²) in [6, 6.07) is 49.6. The summed E-state index contributed by atoms with van der Waals surface area (Å²) in [5.41, 5.74) is 10.2. The number of hydrogen-bond acceptors (Lipinski definition) is 1. The van der Waals surface area contributed by atoms with Crippen LogP contribution in [-0.4, -0.2) is 0 Å². The predicted octanol–water partition coefficient (Wildman–Crippen LogP) is 11.2. The van der Waals surface area contributed by atoms with Gasteiger partial charge in [-0.1, -0.05) is 159 Å². The lowest BCUT2D eigenvalue weighted by Crippen LogP contribution is -2.29. The van der Waals surface area contributed by atoms with E-state index < -0.39 is 0 Å². The van der Waals surface area contributed by atoms with Crippen molar-refractivity contribution in [1.82, 2.24) is 0 Å². The largest absolute Gasteiger partial charge is 0.135 e. The lowest BCUT2D eigenvalue weighted by molar-refractivity contribution is 1.13. The molecule has 0 saturated carbocycles. The fourth-order valence-corrected chi connectivity index (χ4v) is 9.45. The first kappa shape index (κ1) is 30.6. The van der Waals surface area contributed by atoms with Crippen LogP contribution in [0.1, 0.15) is 33.1 Å². The minimum absolute atomic E-state index is 0.957. The van der Waals surface area contributed by atoms with Crippen molar-refractivity contribution >= 4 is 67.3 Å². The van der Waals surface area contributed by atoms with E-state index in [9.17, 15) is 0 Å². The predicted molar refractivity (Wildman–Crippen MR) is 220 cm³/mol. The third-order valence-corrected chi connectivity index (χ3v) is 11.6. The highest BCUT2D eigenvalue weighted by Crippen LogP contribution is 2.36. The lowest BCUT2D eigenvalue weighted by Gasteiger charge is -2.17. The molecule has 50 heavy (non-hydrogen) atoms. The fraction of sp³-hybridized carbons (Fsp3) is 0.102. The summed E-state index contributed by atoms with van der Waals surface area (Å²) < 4.78 is 2.81. The highest BCUT2D eigenvalue weighted by Gasteiger charge is 2.16. The maximum absolute atomic E-state index is 2.42. The van der Waals surface area contributed by atoms with E-state index in [2.05, 4.69) is 172 Å². The van der Waals surface area contributed by atoms with Gasteiger partial charge >= 0.3 is 0 Å². The monoisotopic (exact) mass is 658 g/mol. The molecular formula is C49H38S. The van der Waals surface area contributed by atoms with Crippen LogP contribution in [0.3, 0.4) is 0 Å². The van der Waals surface area contributed by atoms with E-state index in [0.29, 0.717) is 0 Å². The zero-order valence-electron chi connectivity index (χ0n) is 28.5. The number of rotatable bonds is 5. The van der Waals surface area contributed by atoms with Gasteiger partial charge in [-0.3, -0.25) is 0 Å². The van der Waals surface area contributed by atoms with E-state index >= 15 is 0 Å². The summed E-state index contributed by atoms with van der Waals surface area (Å²) in [5.74, 6) is 0. The highest BCUT2D eigenvalue weighted by molar-refractivity contribution is 7.17. The number of fused-ring (bicyclic) bond motifs is 5. The molecule has 0 radical (unpaired) electrons. The van der Waals surface area contributed by atoms with Gasteiger partial charge in [0.25, 0.3) is 0 Å². The van der Waals surface area contributed by atoms with Crippen LogP contribution in [0.5, 0.6) is 0 Å². The van der Waals surface area contributed by atoms with Crippen molar-refractivity contribution in [2.75, 3.05) is 0 Å². The van der Waals surface area contributed by atoms with Gasteiger partial charge in [0.2, 0.25) is 0 Å². The topological polar surface area (TPSA) is 0 Å². The average Bonchev–Trinajstić information content (AvgIpc) is 3.56. The van der Waals surface area contributed by atoms with Crippen molar-refractivity contribution in [2.45, 2.75) is 33.1 Å². The van der Waals surface area contributed by atoms with Crippen LogP contribution in [-0.2, 0) is 0 Å². The maximum Gasteiger partial charge on any atom is 0.0433 e. The van der Waals surface area contributed by atoms with Crippen LogP contribution in [0.4, 0.5) is 0 Å². The quantitative estimate of drug-likeness (QED) is 0.173. The molecule has 0 N–H and O–H groups in total. The normalized spacial score (nSPS) is 13.5. The van der Waals surface area contributed by atoms with Crippen LogP contribution in [0.25, 0.3) is 100 Å². The summed E-state index contributed by atoms with van der Waals surface area (Å²) in [6.07, 6.45) is 12.8.